The van der Waals surface area contributed by atoms with Crippen molar-refractivity contribution in [1.82, 2.24) is 0 Å². The zero-order valence-corrected chi connectivity index (χ0v) is 17.5. The number of esters is 1. The zero-order chi connectivity index (χ0) is 19.2. The first-order chi connectivity index (χ1) is 13.3. The average molecular weight is 433 g/mol. The van der Waals surface area contributed by atoms with E-state index >= 15 is 0 Å². The molecule has 0 bridgehead atoms. The van der Waals surface area contributed by atoms with Crippen LogP contribution in [-0.2, 0) is 22.5 Å². The highest BCUT2D eigenvalue weighted by atomic mass is 79.9. The Morgan fingerprint density at radius 1 is 0.778 bits per heavy atom. The van der Waals surface area contributed by atoms with Crippen LogP contribution in [0.5, 0.6) is 0 Å². The van der Waals surface area contributed by atoms with Crippen LogP contribution < -0.4 is 0 Å². The lowest BCUT2D eigenvalue weighted by Gasteiger charge is -2.07. The number of hydrogen-bond donors (Lipinski definition) is 0. The summed E-state index contributed by atoms with van der Waals surface area (Å²) >= 11 is 3.45. The summed E-state index contributed by atoms with van der Waals surface area (Å²) in [5.74, 6) is -0.284. The van der Waals surface area contributed by atoms with Gasteiger partial charge < -0.3 is 9.47 Å². The summed E-state index contributed by atoms with van der Waals surface area (Å²) in [6.07, 6.45) is 6.87. The number of carbonyl (C=O) groups excluding carboxylic acids is 1. The molecule has 0 aliphatic heterocycles. The molecule has 0 aromatic heterocycles. The summed E-state index contributed by atoms with van der Waals surface area (Å²) < 4.78 is 11.0. The summed E-state index contributed by atoms with van der Waals surface area (Å²) in [5.41, 5.74) is 2.80. The lowest BCUT2D eigenvalue weighted by atomic mass is 10.1. The lowest BCUT2D eigenvalue weighted by molar-refractivity contribution is 0.0472. The Morgan fingerprint density at radius 2 is 1.48 bits per heavy atom. The van der Waals surface area contributed by atoms with Gasteiger partial charge >= 0.3 is 5.97 Å². The van der Waals surface area contributed by atoms with Gasteiger partial charge in [0.1, 0.15) is 6.61 Å². The van der Waals surface area contributed by atoms with E-state index in [-0.39, 0.29) is 5.97 Å². The third-order valence-corrected chi connectivity index (χ3v) is 4.89. The third-order valence-electron chi connectivity index (χ3n) is 4.33. The molecule has 0 atom stereocenters. The summed E-state index contributed by atoms with van der Waals surface area (Å²) in [5, 5.41) is 1.09. The van der Waals surface area contributed by atoms with E-state index in [0.29, 0.717) is 12.2 Å². The van der Waals surface area contributed by atoms with Crippen molar-refractivity contribution < 1.29 is 14.3 Å². The van der Waals surface area contributed by atoms with Gasteiger partial charge in [-0.3, -0.25) is 0 Å². The van der Waals surface area contributed by atoms with Crippen LogP contribution in [0.3, 0.4) is 0 Å². The van der Waals surface area contributed by atoms with Crippen LogP contribution >= 0.6 is 15.9 Å². The molecule has 4 heteroatoms. The molecule has 2 aromatic rings. The highest BCUT2D eigenvalue weighted by Crippen LogP contribution is 2.10. The molecule has 2 aromatic carbocycles. The second-order valence-electron chi connectivity index (χ2n) is 6.58. The predicted molar refractivity (Wildman–Crippen MR) is 113 cm³/mol. The number of carbonyl (C=O) groups is 1. The predicted octanol–water partition coefficient (Wildman–Crippen LogP) is 5.95. The molecule has 2 rings (SSSR count). The lowest BCUT2D eigenvalue weighted by Crippen LogP contribution is -2.05. The van der Waals surface area contributed by atoms with E-state index < -0.39 is 0 Å². The Labute approximate surface area is 171 Å². The van der Waals surface area contributed by atoms with E-state index in [1.54, 1.807) is 0 Å². The van der Waals surface area contributed by atoms with Gasteiger partial charge in [-0.2, -0.15) is 0 Å². The Hall–Kier alpha value is -1.65. The second kappa shape index (κ2) is 13.5. The molecule has 0 saturated heterocycles. The van der Waals surface area contributed by atoms with E-state index in [9.17, 15) is 4.79 Å². The quantitative estimate of drug-likeness (QED) is 0.223. The fraction of sp³-hybridized carbons (Fsp3) is 0.435. The van der Waals surface area contributed by atoms with Crippen molar-refractivity contribution in [3.63, 3.8) is 0 Å². The Balaban J connectivity index is 1.59. The fourth-order valence-corrected chi connectivity index (χ4v) is 3.14. The number of rotatable bonds is 13. The standard InChI is InChI=1S/C23H29BrO3/c24-16-6-1-2-7-17-26-18-8-11-20-12-14-22(15-13-20)23(25)27-19-21-9-4-3-5-10-21/h3-5,9-10,12-15H,1-2,6-8,11,16-19H2. The van der Waals surface area contributed by atoms with Gasteiger partial charge in [0.2, 0.25) is 0 Å². The Morgan fingerprint density at radius 3 is 2.22 bits per heavy atom. The molecule has 3 nitrogen and oxygen atoms in total. The maximum atomic E-state index is 12.1. The van der Waals surface area contributed by atoms with Crippen molar-refractivity contribution in [2.75, 3.05) is 18.5 Å². The van der Waals surface area contributed by atoms with Crippen molar-refractivity contribution in [3.8, 4) is 0 Å². The van der Waals surface area contributed by atoms with Crippen molar-refractivity contribution >= 4 is 21.9 Å². The van der Waals surface area contributed by atoms with E-state index in [4.69, 9.17) is 9.47 Å². The van der Waals surface area contributed by atoms with E-state index in [1.165, 1.54) is 24.8 Å². The van der Waals surface area contributed by atoms with Crippen LogP contribution in [0.15, 0.2) is 54.6 Å². The first-order valence-electron chi connectivity index (χ1n) is 9.73. The van der Waals surface area contributed by atoms with Gasteiger partial charge in [-0.15, -0.1) is 0 Å². The maximum absolute atomic E-state index is 12.1. The summed E-state index contributed by atoms with van der Waals surface area (Å²) in [4.78, 5) is 12.1. The topological polar surface area (TPSA) is 35.5 Å². The minimum absolute atomic E-state index is 0.284. The van der Waals surface area contributed by atoms with Gasteiger partial charge in [0, 0.05) is 18.5 Å². The van der Waals surface area contributed by atoms with Gasteiger partial charge in [0.15, 0.2) is 0 Å². The third kappa shape index (κ3) is 9.21. The maximum Gasteiger partial charge on any atom is 0.338 e. The highest BCUT2D eigenvalue weighted by Gasteiger charge is 2.07. The van der Waals surface area contributed by atoms with Gasteiger partial charge in [-0.05, 0) is 48.9 Å². The van der Waals surface area contributed by atoms with E-state index in [1.807, 2.05) is 54.6 Å². The number of hydrogen-bond acceptors (Lipinski definition) is 3. The SMILES string of the molecule is O=C(OCc1ccccc1)c1ccc(CCCOCCCCCCBr)cc1. The number of benzene rings is 2. The summed E-state index contributed by atoms with van der Waals surface area (Å²) in [6.45, 7) is 1.95. The number of unbranched alkanes of at least 4 members (excludes halogenated alkanes) is 3. The molecule has 0 saturated carbocycles. The van der Waals surface area contributed by atoms with Crippen LogP contribution in [0, 0.1) is 0 Å². The molecule has 0 fully saturated rings. The van der Waals surface area contributed by atoms with Crippen LogP contribution in [0.1, 0.15) is 53.6 Å². The summed E-state index contributed by atoms with van der Waals surface area (Å²) in [6, 6.07) is 17.4. The molecule has 0 unspecified atom stereocenters. The summed E-state index contributed by atoms with van der Waals surface area (Å²) in [7, 11) is 0. The van der Waals surface area contributed by atoms with Crippen LogP contribution in [0.2, 0.25) is 0 Å². The van der Waals surface area contributed by atoms with Crippen LogP contribution in [-0.4, -0.2) is 24.5 Å². The Bertz CT molecular complexity index is 640. The number of alkyl halides is 1. The molecule has 0 heterocycles. The van der Waals surface area contributed by atoms with Crippen molar-refractivity contribution in [2.45, 2.75) is 45.1 Å². The number of halogens is 1. The molecule has 0 N–H and O–H groups in total. The smallest absolute Gasteiger partial charge is 0.338 e. The number of aryl methyl sites for hydroxylation is 1. The largest absolute Gasteiger partial charge is 0.457 e. The van der Waals surface area contributed by atoms with Crippen LogP contribution in [0.25, 0.3) is 0 Å². The molecule has 0 aliphatic carbocycles. The Kier molecular flexibility index (Phi) is 10.8. The van der Waals surface area contributed by atoms with Crippen molar-refractivity contribution in [3.05, 3.63) is 71.3 Å². The minimum Gasteiger partial charge on any atom is -0.457 e. The first-order valence-corrected chi connectivity index (χ1v) is 10.9. The van der Waals surface area contributed by atoms with E-state index in [0.717, 1.165) is 43.4 Å². The molecule has 0 aliphatic rings. The highest BCUT2D eigenvalue weighted by molar-refractivity contribution is 9.09. The molecule has 0 amide bonds. The second-order valence-corrected chi connectivity index (χ2v) is 7.37. The van der Waals surface area contributed by atoms with Gasteiger partial charge in [-0.1, -0.05) is 71.2 Å². The van der Waals surface area contributed by atoms with Gasteiger partial charge in [-0.25, -0.2) is 4.79 Å². The van der Waals surface area contributed by atoms with Crippen molar-refractivity contribution in [1.29, 1.82) is 0 Å². The zero-order valence-electron chi connectivity index (χ0n) is 15.9. The molecular formula is C23H29BrO3. The minimum atomic E-state index is -0.284. The van der Waals surface area contributed by atoms with Gasteiger partial charge in [0.05, 0.1) is 5.56 Å². The molecule has 27 heavy (non-hydrogen) atoms. The molecule has 146 valence electrons. The van der Waals surface area contributed by atoms with Gasteiger partial charge in [0.25, 0.3) is 0 Å². The molecular weight excluding hydrogens is 404 g/mol. The number of ether oxygens (including phenoxy) is 2. The first kappa shape index (κ1) is 21.6. The van der Waals surface area contributed by atoms with E-state index in [2.05, 4.69) is 15.9 Å². The molecule has 0 spiro atoms. The fourth-order valence-electron chi connectivity index (χ4n) is 2.75. The monoisotopic (exact) mass is 432 g/mol. The molecule has 0 radical (unpaired) electrons. The van der Waals surface area contributed by atoms with Crippen molar-refractivity contribution in [2.24, 2.45) is 0 Å². The average Bonchev–Trinajstić information content (AvgIpc) is 2.72. The normalized spacial score (nSPS) is 10.7. The van der Waals surface area contributed by atoms with Crippen LogP contribution in [0.4, 0.5) is 0 Å².